The van der Waals surface area contributed by atoms with Crippen molar-refractivity contribution < 1.29 is 0 Å². The zero-order valence-electron chi connectivity index (χ0n) is 13.8. The minimum atomic E-state index is -0.0565. The molecule has 0 atom stereocenters. The van der Waals surface area contributed by atoms with Gasteiger partial charge in [-0.2, -0.15) is 0 Å². The summed E-state index contributed by atoms with van der Waals surface area (Å²) < 4.78 is 2.48. The molecule has 2 aliphatic carbocycles. The molecule has 0 bridgehead atoms. The second-order valence-corrected chi connectivity index (χ2v) is 9.89. The third kappa shape index (κ3) is 3.52. The smallest absolute Gasteiger partial charge is 0.132 e. The SMILES string of the molecule is CC(C)n1ccnc1P(C1CCCCC1)C1CCCCC1. The fraction of sp³-hybridized carbons (Fsp3) is 0.833. The minimum absolute atomic E-state index is 0.0565. The molecule has 21 heavy (non-hydrogen) atoms. The lowest BCUT2D eigenvalue weighted by molar-refractivity contribution is 0.485. The number of nitrogens with zero attached hydrogens (tertiary/aromatic N) is 2. The summed E-state index contributed by atoms with van der Waals surface area (Å²) in [6.45, 7) is 4.61. The van der Waals surface area contributed by atoms with E-state index in [0.29, 0.717) is 6.04 Å². The average molecular weight is 306 g/mol. The van der Waals surface area contributed by atoms with Crippen LogP contribution in [0.25, 0.3) is 0 Å². The van der Waals surface area contributed by atoms with Crippen molar-refractivity contribution >= 4 is 13.5 Å². The fourth-order valence-corrected chi connectivity index (χ4v) is 8.11. The number of hydrogen-bond acceptors (Lipinski definition) is 1. The van der Waals surface area contributed by atoms with Gasteiger partial charge in [0.05, 0.1) is 0 Å². The second-order valence-electron chi connectivity index (χ2n) is 7.22. The Morgan fingerprint density at radius 3 is 1.95 bits per heavy atom. The van der Waals surface area contributed by atoms with Gasteiger partial charge >= 0.3 is 0 Å². The molecule has 0 aliphatic heterocycles. The molecule has 2 saturated carbocycles. The largest absolute Gasteiger partial charge is 0.329 e. The molecule has 118 valence electrons. The van der Waals surface area contributed by atoms with Crippen LogP contribution in [0.15, 0.2) is 12.4 Å². The molecular weight excluding hydrogens is 275 g/mol. The first kappa shape index (κ1) is 15.5. The standard InChI is InChI=1S/C18H31N2P/c1-15(2)20-14-13-19-18(20)21(16-9-5-3-6-10-16)17-11-7-4-8-12-17/h13-17H,3-12H2,1-2H3. The average Bonchev–Trinajstić information content (AvgIpc) is 2.99. The van der Waals surface area contributed by atoms with Crippen molar-refractivity contribution in [1.29, 1.82) is 0 Å². The zero-order valence-corrected chi connectivity index (χ0v) is 14.7. The molecule has 0 unspecified atom stereocenters. The Balaban J connectivity index is 1.88. The molecule has 3 rings (SSSR count). The molecule has 2 fully saturated rings. The van der Waals surface area contributed by atoms with Gasteiger partial charge in [0.25, 0.3) is 0 Å². The van der Waals surface area contributed by atoms with Crippen molar-refractivity contribution in [2.24, 2.45) is 0 Å². The summed E-state index contributed by atoms with van der Waals surface area (Å²) in [5.74, 6) is 0. The van der Waals surface area contributed by atoms with Crippen LogP contribution in [0.4, 0.5) is 0 Å². The number of aromatic nitrogens is 2. The van der Waals surface area contributed by atoms with Gasteiger partial charge in [0, 0.05) is 18.4 Å². The van der Waals surface area contributed by atoms with Gasteiger partial charge < -0.3 is 4.57 Å². The summed E-state index contributed by atoms with van der Waals surface area (Å²) in [4.78, 5) is 4.88. The van der Waals surface area contributed by atoms with E-state index in [0.717, 1.165) is 11.3 Å². The van der Waals surface area contributed by atoms with E-state index in [9.17, 15) is 0 Å². The van der Waals surface area contributed by atoms with Crippen LogP contribution < -0.4 is 5.57 Å². The van der Waals surface area contributed by atoms with Crippen LogP contribution in [0, 0.1) is 0 Å². The van der Waals surface area contributed by atoms with Crippen molar-refractivity contribution in [3.05, 3.63) is 12.4 Å². The van der Waals surface area contributed by atoms with Gasteiger partial charge in [-0.15, -0.1) is 0 Å². The monoisotopic (exact) mass is 306 g/mol. The van der Waals surface area contributed by atoms with Crippen LogP contribution in [0.2, 0.25) is 0 Å². The van der Waals surface area contributed by atoms with Gasteiger partial charge in [-0.1, -0.05) is 38.5 Å². The summed E-state index contributed by atoms with van der Waals surface area (Å²) >= 11 is 0. The van der Waals surface area contributed by atoms with Gasteiger partial charge in [0.1, 0.15) is 5.57 Å². The molecule has 0 radical (unpaired) electrons. The highest BCUT2D eigenvalue weighted by molar-refractivity contribution is 7.66. The Morgan fingerprint density at radius 1 is 0.952 bits per heavy atom. The molecule has 0 spiro atoms. The lowest BCUT2D eigenvalue weighted by atomic mass is 9.99. The summed E-state index contributed by atoms with van der Waals surface area (Å²) in [5.41, 5.74) is 3.38. The summed E-state index contributed by atoms with van der Waals surface area (Å²) in [5, 5.41) is 0. The van der Waals surface area contributed by atoms with Crippen molar-refractivity contribution in [2.45, 2.75) is 95.4 Å². The molecule has 1 aromatic heterocycles. The van der Waals surface area contributed by atoms with E-state index in [1.54, 1.807) is 0 Å². The van der Waals surface area contributed by atoms with Crippen LogP contribution in [0.3, 0.4) is 0 Å². The topological polar surface area (TPSA) is 17.8 Å². The molecule has 2 aliphatic rings. The van der Waals surface area contributed by atoms with Crippen LogP contribution >= 0.6 is 7.92 Å². The molecule has 1 aromatic rings. The number of imidazole rings is 1. The molecule has 0 N–H and O–H groups in total. The highest BCUT2D eigenvalue weighted by Gasteiger charge is 2.35. The number of rotatable bonds is 4. The lowest BCUT2D eigenvalue weighted by Gasteiger charge is -2.38. The zero-order chi connectivity index (χ0) is 14.7. The predicted octanol–water partition coefficient (Wildman–Crippen LogP) is 5.24. The van der Waals surface area contributed by atoms with Gasteiger partial charge in [-0.05, 0) is 58.8 Å². The first-order valence-corrected chi connectivity index (χ1v) is 10.6. The Labute approximate surface area is 131 Å². The van der Waals surface area contributed by atoms with Crippen molar-refractivity contribution in [3.8, 4) is 0 Å². The predicted molar refractivity (Wildman–Crippen MR) is 92.9 cm³/mol. The maximum atomic E-state index is 4.88. The molecule has 0 aromatic carbocycles. The van der Waals surface area contributed by atoms with E-state index in [1.807, 2.05) is 0 Å². The normalized spacial score (nSPS) is 22.3. The molecule has 3 heteroatoms. The highest BCUT2D eigenvalue weighted by Crippen LogP contribution is 2.54. The maximum Gasteiger partial charge on any atom is 0.132 e. The maximum absolute atomic E-state index is 4.88. The Morgan fingerprint density at radius 2 is 1.48 bits per heavy atom. The minimum Gasteiger partial charge on any atom is -0.329 e. The molecule has 0 saturated heterocycles. The van der Waals surface area contributed by atoms with Gasteiger partial charge in [0.15, 0.2) is 0 Å². The molecular formula is C18H31N2P. The fourth-order valence-electron chi connectivity index (χ4n) is 4.25. The molecule has 2 nitrogen and oxygen atoms in total. The van der Waals surface area contributed by atoms with Crippen LogP contribution in [0.5, 0.6) is 0 Å². The van der Waals surface area contributed by atoms with Crippen LogP contribution in [0.1, 0.15) is 84.1 Å². The van der Waals surface area contributed by atoms with E-state index >= 15 is 0 Å². The first-order chi connectivity index (χ1) is 10.3. The lowest BCUT2D eigenvalue weighted by Crippen LogP contribution is -2.31. The van der Waals surface area contributed by atoms with E-state index in [-0.39, 0.29) is 7.92 Å². The van der Waals surface area contributed by atoms with Gasteiger partial charge in [-0.25, -0.2) is 4.98 Å². The Hall–Kier alpha value is -0.360. The summed E-state index contributed by atoms with van der Waals surface area (Å²) in [7, 11) is -0.0565. The van der Waals surface area contributed by atoms with Crippen LogP contribution in [-0.4, -0.2) is 20.9 Å². The highest BCUT2D eigenvalue weighted by atomic mass is 31.1. The first-order valence-electron chi connectivity index (χ1n) is 9.08. The number of hydrogen-bond donors (Lipinski definition) is 0. The summed E-state index contributed by atoms with van der Waals surface area (Å²) in [6.07, 6.45) is 18.9. The Kier molecular flexibility index (Phi) is 5.38. The second kappa shape index (κ2) is 7.27. The van der Waals surface area contributed by atoms with Crippen molar-refractivity contribution in [1.82, 2.24) is 9.55 Å². The van der Waals surface area contributed by atoms with E-state index in [2.05, 4.69) is 30.8 Å². The molecule has 0 amide bonds. The van der Waals surface area contributed by atoms with E-state index in [4.69, 9.17) is 4.98 Å². The third-order valence-corrected chi connectivity index (χ3v) is 8.79. The van der Waals surface area contributed by atoms with Gasteiger partial charge in [0.2, 0.25) is 0 Å². The van der Waals surface area contributed by atoms with E-state index < -0.39 is 0 Å². The Bertz CT molecular complexity index is 410. The van der Waals surface area contributed by atoms with E-state index in [1.165, 1.54) is 69.8 Å². The van der Waals surface area contributed by atoms with Crippen molar-refractivity contribution in [3.63, 3.8) is 0 Å². The van der Waals surface area contributed by atoms with Gasteiger partial charge in [-0.3, -0.25) is 0 Å². The third-order valence-electron chi connectivity index (χ3n) is 5.37. The molecule has 1 heterocycles. The van der Waals surface area contributed by atoms with Crippen LogP contribution in [-0.2, 0) is 0 Å². The quantitative estimate of drug-likeness (QED) is 0.696. The summed E-state index contributed by atoms with van der Waals surface area (Å²) in [6, 6.07) is 0.555. The van der Waals surface area contributed by atoms with Crippen molar-refractivity contribution in [2.75, 3.05) is 0 Å².